The average Bonchev–Trinajstić information content (AvgIpc) is 2.74. The molecular formula is C9H14FN2O15P3. The van der Waals surface area contributed by atoms with Gasteiger partial charge in [0.15, 0.2) is 6.10 Å². The maximum absolute atomic E-state index is 15.0. The molecule has 0 aromatic carbocycles. The Bertz CT molecular complexity index is 1050. The largest absolute Gasteiger partial charge is 0.490 e. The van der Waals surface area contributed by atoms with Gasteiger partial charge in [-0.2, -0.15) is 13.0 Å². The number of hydrogen-bond acceptors (Lipinski definition) is 11. The van der Waals surface area contributed by atoms with Gasteiger partial charge in [0.05, 0.1) is 6.61 Å². The lowest BCUT2D eigenvalue weighted by atomic mass is 10.1. The van der Waals surface area contributed by atoms with Crippen LogP contribution in [0.1, 0.15) is 0 Å². The minimum Gasteiger partial charge on any atom is -0.387 e. The molecule has 2 heterocycles. The molecule has 7 N–H and O–H groups in total. The van der Waals surface area contributed by atoms with E-state index in [1.54, 1.807) is 4.98 Å². The minimum absolute atomic E-state index is 0.0626. The van der Waals surface area contributed by atoms with E-state index in [-0.39, 0.29) is 4.57 Å². The molecule has 1 aliphatic rings. The Morgan fingerprint density at radius 2 is 1.73 bits per heavy atom. The Hall–Kier alpha value is -1.10. The molecule has 1 saturated heterocycles. The number of nitrogens with one attached hydrogen (secondary N) is 1. The summed E-state index contributed by atoms with van der Waals surface area (Å²) in [6.07, 6.45) is -6.06. The van der Waals surface area contributed by atoms with Gasteiger partial charge < -0.3 is 34.5 Å². The summed E-state index contributed by atoms with van der Waals surface area (Å²) in [4.78, 5) is 59.6. The Labute approximate surface area is 163 Å². The Balaban J connectivity index is 2.13. The molecule has 0 radical (unpaired) electrons. The third-order valence-corrected chi connectivity index (χ3v) is 7.16. The molecule has 1 aromatic heterocycles. The fraction of sp³-hybridized carbons (Fsp3) is 0.556. The van der Waals surface area contributed by atoms with E-state index in [9.17, 15) is 38.4 Å². The number of aromatic nitrogens is 2. The lowest BCUT2D eigenvalue weighted by Crippen LogP contribution is -2.48. The van der Waals surface area contributed by atoms with E-state index < -0.39 is 65.6 Å². The number of halogens is 1. The number of H-pyrrole nitrogens is 1. The Morgan fingerprint density at radius 1 is 1.13 bits per heavy atom. The van der Waals surface area contributed by atoms with Crippen LogP contribution in [0, 0.1) is 0 Å². The van der Waals surface area contributed by atoms with Crippen LogP contribution in [0.15, 0.2) is 21.9 Å². The summed E-state index contributed by atoms with van der Waals surface area (Å²) >= 11 is 0. The molecule has 17 nitrogen and oxygen atoms in total. The summed E-state index contributed by atoms with van der Waals surface area (Å²) in [5.41, 5.74) is -2.30. The number of rotatable bonds is 8. The molecular weight excluding hydrogens is 488 g/mol. The van der Waals surface area contributed by atoms with Crippen LogP contribution in [-0.2, 0) is 37.6 Å². The third-order valence-electron chi connectivity index (χ3n) is 3.36. The van der Waals surface area contributed by atoms with Crippen molar-refractivity contribution in [3.8, 4) is 0 Å². The number of phosphoric acid groups is 3. The molecule has 0 bridgehead atoms. The summed E-state index contributed by atoms with van der Waals surface area (Å²) in [5, 5.41) is 19.7. The molecule has 1 aromatic rings. The number of aromatic amines is 1. The zero-order chi connectivity index (χ0) is 23.1. The van der Waals surface area contributed by atoms with Crippen molar-refractivity contribution in [3.05, 3.63) is 33.1 Å². The number of alkyl halides is 1. The quantitative estimate of drug-likeness (QED) is 0.182. The molecule has 2 rings (SSSR count). The Kier molecular flexibility index (Phi) is 7.08. The number of nitrogens with zero attached hydrogens (tertiary/aromatic N) is 1. The van der Waals surface area contributed by atoms with Crippen molar-refractivity contribution < 1.29 is 65.8 Å². The SMILES string of the molecule is O=c1ccn([C@]2(F)O[C@H](COP(=O)(O)OP(=O)(O)OP(=O)(O)O)[C@@H](O)[C@H]2O)c(=O)[nH]1. The topological polar surface area (TPSA) is 264 Å². The van der Waals surface area contributed by atoms with Gasteiger partial charge in [-0.05, 0) is 0 Å². The van der Waals surface area contributed by atoms with Crippen LogP contribution in [0.5, 0.6) is 0 Å². The third kappa shape index (κ3) is 5.99. The molecule has 0 aliphatic carbocycles. The number of phosphoric ester groups is 1. The van der Waals surface area contributed by atoms with Crippen molar-refractivity contribution in [2.45, 2.75) is 24.3 Å². The van der Waals surface area contributed by atoms with Crippen LogP contribution in [0.25, 0.3) is 0 Å². The van der Waals surface area contributed by atoms with Crippen molar-refractivity contribution in [2.75, 3.05) is 6.61 Å². The summed E-state index contributed by atoms with van der Waals surface area (Å²) in [7, 11) is -17.1. The van der Waals surface area contributed by atoms with E-state index in [1.807, 2.05) is 0 Å². The van der Waals surface area contributed by atoms with Gasteiger partial charge in [0, 0.05) is 12.3 Å². The zero-order valence-electron chi connectivity index (χ0n) is 14.1. The lowest BCUT2D eigenvalue weighted by molar-refractivity contribution is -0.239. The standard InChI is InChI=1S/C9H14FN2O15P3/c10-9(12-2-1-5(13)11-8(12)16)7(15)6(14)4(25-9)3-24-29(20,21)27-30(22,23)26-28(17,18)19/h1-2,4,6-7,14-15H,3H2,(H,20,21)(H,22,23)(H,11,13,16)(H2,17,18,19)/t4-,6-,7-,9+/m1/s1. The summed E-state index contributed by atoms with van der Waals surface area (Å²) < 4.78 is 64.2. The highest BCUT2D eigenvalue weighted by molar-refractivity contribution is 7.66. The molecule has 2 unspecified atom stereocenters. The van der Waals surface area contributed by atoms with Gasteiger partial charge in [0.1, 0.15) is 12.2 Å². The number of ether oxygens (including phenoxy) is 1. The second-order valence-electron chi connectivity index (χ2n) is 5.57. The summed E-state index contributed by atoms with van der Waals surface area (Å²) in [6.45, 7) is -1.30. The second-order valence-corrected chi connectivity index (χ2v) is 9.99. The van der Waals surface area contributed by atoms with Crippen LogP contribution in [0.3, 0.4) is 0 Å². The first-order chi connectivity index (χ1) is 13.5. The first-order valence-corrected chi connectivity index (χ1v) is 11.8. The highest BCUT2D eigenvalue weighted by atomic mass is 31.3. The van der Waals surface area contributed by atoms with Gasteiger partial charge in [0.25, 0.3) is 5.56 Å². The van der Waals surface area contributed by atoms with Crippen molar-refractivity contribution in [1.29, 1.82) is 0 Å². The molecule has 30 heavy (non-hydrogen) atoms. The van der Waals surface area contributed by atoms with E-state index in [1.165, 1.54) is 0 Å². The van der Waals surface area contributed by atoms with Gasteiger partial charge in [-0.3, -0.25) is 14.3 Å². The van der Waals surface area contributed by atoms with Gasteiger partial charge in [-0.15, -0.1) is 0 Å². The van der Waals surface area contributed by atoms with Gasteiger partial charge in [-0.25, -0.2) is 23.1 Å². The molecule has 1 aliphatic heterocycles. The summed E-state index contributed by atoms with van der Waals surface area (Å²) in [5.74, 6) is -3.47. The predicted molar refractivity (Wildman–Crippen MR) is 87.1 cm³/mol. The first kappa shape index (κ1) is 25.2. The smallest absolute Gasteiger partial charge is 0.387 e. The van der Waals surface area contributed by atoms with Crippen LogP contribution < -0.4 is 11.2 Å². The fourth-order valence-corrected chi connectivity index (χ4v) is 5.26. The molecule has 172 valence electrons. The highest BCUT2D eigenvalue weighted by Crippen LogP contribution is 2.66. The average molecular weight is 502 g/mol. The number of hydrogen-bond donors (Lipinski definition) is 7. The molecule has 0 saturated carbocycles. The van der Waals surface area contributed by atoms with Crippen molar-refractivity contribution in [3.63, 3.8) is 0 Å². The number of aliphatic hydroxyl groups is 2. The van der Waals surface area contributed by atoms with E-state index >= 15 is 4.39 Å². The van der Waals surface area contributed by atoms with E-state index in [0.717, 1.165) is 0 Å². The van der Waals surface area contributed by atoms with E-state index in [4.69, 9.17) is 14.7 Å². The van der Waals surface area contributed by atoms with Gasteiger partial charge in [-0.1, -0.05) is 0 Å². The highest BCUT2D eigenvalue weighted by Gasteiger charge is 2.58. The molecule has 0 spiro atoms. The molecule has 1 fully saturated rings. The molecule has 21 heteroatoms. The maximum atomic E-state index is 15.0. The zero-order valence-corrected chi connectivity index (χ0v) is 16.8. The molecule has 6 atom stereocenters. The van der Waals surface area contributed by atoms with Crippen molar-refractivity contribution in [1.82, 2.24) is 9.55 Å². The molecule has 0 amide bonds. The lowest BCUT2D eigenvalue weighted by Gasteiger charge is -2.24. The second kappa shape index (κ2) is 8.44. The van der Waals surface area contributed by atoms with Crippen LogP contribution in [0.4, 0.5) is 4.39 Å². The fourth-order valence-electron chi connectivity index (χ4n) is 2.23. The predicted octanol–water partition coefficient (Wildman–Crippen LogP) is -2.42. The van der Waals surface area contributed by atoms with Gasteiger partial charge in [0.2, 0.25) is 0 Å². The van der Waals surface area contributed by atoms with Gasteiger partial charge >= 0.3 is 35.1 Å². The number of aliphatic hydroxyl groups excluding tert-OH is 2. The monoisotopic (exact) mass is 502 g/mol. The van der Waals surface area contributed by atoms with Crippen LogP contribution >= 0.6 is 23.5 Å². The summed E-state index contributed by atoms with van der Waals surface area (Å²) in [6, 6.07) is 0.685. The van der Waals surface area contributed by atoms with Crippen molar-refractivity contribution in [2.24, 2.45) is 0 Å². The minimum atomic E-state index is -5.82. The normalized spacial score (nSPS) is 31.2. The Morgan fingerprint density at radius 3 is 2.27 bits per heavy atom. The van der Waals surface area contributed by atoms with E-state index in [0.29, 0.717) is 12.3 Å². The van der Waals surface area contributed by atoms with E-state index in [2.05, 4.69) is 17.9 Å². The van der Waals surface area contributed by atoms with Crippen molar-refractivity contribution >= 4 is 23.5 Å². The van der Waals surface area contributed by atoms with Crippen LogP contribution in [0.2, 0.25) is 0 Å². The van der Waals surface area contributed by atoms with Crippen LogP contribution in [-0.4, -0.2) is 64.3 Å². The maximum Gasteiger partial charge on any atom is 0.490 e. The first-order valence-electron chi connectivity index (χ1n) is 7.29.